The van der Waals surface area contributed by atoms with Crippen molar-refractivity contribution >= 4 is 15.2 Å². The van der Waals surface area contributed by atoms with E-state index in [4.69, 9.17) is 4.78 Å². The Morgan fingerprint density at radius 2 is 2.21 bits per heavy atom. The summed E-state index contributed by atoms with van der Waals surface area (Å²) in [4.78, 5) is 4.16. The number of hydrogen-bond acceptors (Lipinski definition) is 3. The monoisotopic (exact) mass is 209 g/mol. The van der Waals surface area contributed by atoms with Crippen molar-refractivity contribution < 1.29 is 4.21 Å². The van der Waals surface area contributed by atoms with Crippen LogP contribution in [0.1, 0.15) is 5.69 Å². The molecule has 5 heteroatoms. The summed E-state index contributed by atoms with van der Waals surface area (Å²) in [7, 11) is -2.76. The first kappa shape index (κ1) is 9.21. The summed E-state index contributed by atoms with van der Waals surface area (Å²) >= 11 is 0. The summed E-state index contributed by atoms with van der Waals surface area (Å²) in [6, 6.07) is 5.63. The predicted octanol–water partition coefficient (Wildman–Crippen LogP) is 1.68. The minimum absolute atomic E-state index is 0.325. The fraction of sp³-hybridized carbons (Fsp3) is 0.222. The summed E-state index contributed by atoms with van der Waals surface area (Å²) in [6.07, 6.45) is 3.16. The zero-order valence-corrected chi connectivity index (χ0v) is 8.84. The van der Waals surface area contributed by atoms with Crippen LogP contribution >= 0.6 is 0 Å². The van der Waals surface area contributed by atoms with Gasteiger partial charge in [-0.05, 0) is 19.1 Å². The lowest BCUT2D eigenvalue weighted by Crippen LogP contribution is -2.01. The van der Waals surface area contributed by atoms with Gasteiger partial charge in [-0.15, -0.1) is 0 Å². The number of pyridine rings is 1. The molecule has 0 fully saturated rings. The number of aryl methyl sites for hydroxylation is 1. The van der Waals surface area contributed by atoms with Gasteiger partial charge in [0, 0.05) is 12.5 Å². The Kier molecular flexibility index (Phi) is 1.85. The molecule has 2 heterocycles. The molecule has 1 atom stereocenters. The van der Waals surface area contributed by atoms with Crippen LogP contribution in [0.3, 0.4) is 0 Å². The molecular formula is C9H11N3OS. The molecule has 0 radical (unpaired) electrons. The van der Waals surface area contributed by atoms with Gasteiger partial charge in [-0.3, -0.25) is 4.40 Å². The second-order valence-corrected chi connectivity index (χ2v) is 5.33. The van der Waals surface area contributed by atoms with E-state index in [9.17, 15) is 4.21 Å². The van der Waals surface area contributed by atoms with Gasteiger partial charge in [0.15, 0.2) is 0 Å². The maximum Gasteiger partial charge on any atom is 0.212 e. The molecule has 0 aromatic carbocycles. The maximum absolute atomic E-state index is 11.6. The Bertz CT molecular complexity index is 583. The van der Waals surface area contributed by atoms with Gasteiger partial charge >= 0.3 is 0 Å². The first-order valence-corrected chi connectivity index (χ1v) is 6.14. The standard InChI is InChI=1S/C9H11N3OS/c1-7-8-5-3-4-6-12(8)9(11-7)14(2,10)13/h3-6,10H,1-2H3. The smallest absolute Gasteiger partial charge is 0.212 e. The molecule has 2 aromatic rings. The molecule has 1 unspecified atom stereocenters. The van der Waals surface area contributed by atoms with Crippen molar-refractivity contribution in [3.8, 4) is 0 Å². The molecule has 0 bridgehead atoms. The normalized spacial score (nSPS) is 15.6. The van der Waals surface area contributed by atoms with E-state index in [0.29, 0.717) is 5.16 Å². The van der Waals surface area contributed by atoms with E-state index in [0.717, 1.165) is 11.2 Å². The van der Waals surface area contributed by atoms with Crippen LogP contribution in [0.4, 0.5) is 0 Å². The van der Waals surface area contributed by atoms with E-state index < -0.39 is 9.73 Å². The Labute approximate surface area is 82.6 Å². The van der Waals surface area contributed by atoms with E-state index in [2.05, 4.69) is 4.98 Å². The summed E-state index contributed by atoms with van der Waals surface area (Å²) in [6.45, 7) is 1.85. The Morgan fingerprint density at radius 1 is 1.50 bits per heavy atom. The van der Waals surface area contributed by atoms with Gasteiger partial charge in [0.2, 0.25) is 5.16 Å². The highest BCUT2D eigenvalue weighted by Crippen LogP contribution is 2.15. The molecule has 0 saturated carbocycles. The fourth-order valence-electron chi connectivity index (χ4n) is 1.43. The number of aromatic nitrogens is 2. The number of fused-ring (bicyclic) bond motifs is 1. The van der Waals surface area contributed by atoms with Crippen molar-refractivity contribution in [1.29, 1.82) is 4.78 Å². The van der Waals surface area contributed by atoms with Crippen molar-refractivity contribution in [3.63, 3.8) is 0 Å². The van der Waals surface area contributed by atoms with Gasteiger partial charge in [0.05, 0.1) is 11.2 Å². The maximum atomic E-state index is 11.6. The first-order chi connectivity index (χ1) is 6.50. The van der Waals surface area contributed by atoms with Gasteiger partial charge in [-0.1, -0.05) is 6.07 Å². The lowest BCUT2D eigenvalue weighted by atomic mass is 10.3. The molecule has 0 amide bonds. The first-order valence-electron chi connectivity index (χ1n) is 4.17. The van der Waals surface area contributed by atoms with E-state index in [1.807, 2.05) is 25.1 Å². The van der Waals surface area contributed by atoms with E-state index in [1.165, 1.54) is 6.26 Å². The summed E-state index contributed by atoms with van der Waals surface area (Å²) in [5, 5.41) is 0.325. The molecule has 4 nitrogen and oxygen atoms in total. The third-order valence-corrected chi connectivity index (χ3v) is 3.03. The second-order valence-electron chi connectivity index (χ2n) is 3.28. The van der Waals surface area contributed by atoms with E-state index in [1.54, 1.807) is 10.6 Å². The minimum Gasteiger partial charge on any atom is -0.292 e. The third kappa shape index (κ3) is 1.29. The van der Waals surface area contributed by atoms with Crippen LogP contribution in [0.25, 0.3) is 5.52 Å². The molecule has 2 rings (SSSR count). The van der Waals surface area contributed by atoms with Crippen LogP contribution in [0.15, 0.2) is 29.6 Å². The van der Waals surface area contributed by atoms with Gasteiger partial charge in [-0.2, -0.15) is 0 Å². The fourth-order valence-corrected chi connectivity index (χ4v) is 2.28. The molecular weight excluding hydrogens is 198 g/mol. The van der Waals surface area contributed by atoms with Crippen LogP contribution in [0, 0.1) is 11.7 Å². The number of rotatable bonds is 1. The summed E-state index contributed by atoms with van der Waals surface area (Å²) in [5.41, 5.74) is 1.71. The van der Waals surface area contributed by atoms with Crippen molar-refractivity contribution in [1.82, 2.24) is 9.38 Å². The topological polar surface area (TPSA) is 58.2 Å². The Hall–Kier alpha value is -1.36. The molecule has 2 aromatic heterocycles. The van der Waals surface area contributed by atoms with Crippen molar-refractivity contribution in [2.24, 2.45) is 0 Å². The average Bonchev–Trinajstić information content (AvgIpc) is 2.44. The third-order valence-electron chi connectivity index (χ3n) is 2.05. The van der Waals surface area contributed by atoms with Crippen LogP contribution in [-0.4, -0.2) is 19.8 Å². The second kappa shape index (κ2) is 2.81. The Morgan fingerprint density at radius 3 is 2.86 bits per heavy atom. The molecule has 0 spiro atoms. The largest absolute Gasteiger partial charge is 0.292 e. The van der Waals surface area contributed by atoms with E-state index >= 15 is 0 Å². The molecule has 0 aliphatic rings. The summed E-state index contributed by atoms with van der Waals surface area (Å²) in [5.74, 6) is 0. The quantitative estimate of drug-likeness (QED) is 0.776. The number of nitrogens with one attached hydrogen (secondary N) is 1. The lowest BCUT2D eigenvalue weighted by molar-refractivity contribution is 0.670. The molecule has 14 heavy (non-hydrogen) atoms. The van der Waals surface area contributed by atoms with Gasteiger partial charge in [0.1, 0.15) is 9.73 Å². The summed E-state index contributed by atoms with van der Waals surface area (Å²) < 4.78 is 20.8. The molecule has 1 N–H and O–H groups in total. The van der Waals surface area contributed by atoms with Crippen molar-refractivity contribution in [3.05, 3.63) is 30.1 Å². The van der Waals surface area contributed by atoms with Crippen LogP contribution in [-0.2, 0) is 9.73 Å². The zero-order valence-electron chi connectivity index (χ0n) is 8.02. The van der Waals surface area contributed by atoms with Gasteiger partial charge in [0.25, 0.3) is 0 Å². The van der Waals surface area contributed by atoms with Crippen molar-refractivity contribution in [2.45, 2.75) is 12.1 Å². The van der Waals surface area contributed by atoms with Crippen LogP contribution in [0.2, 0.25) is 0 Å². The minimum atomic E-state index is -2.76. The number of imidazole rings is 1. The highest BCUT2D eigenvalue weighted by molar-refractivity contribution is 7.91. The predicted molar refractivity (Wildman–Crippen MR) is 55.0 cm³/mol. The molecule has 0 aliphatic carbocycles. The van der Waals surface area contributed by atoms with Gasteiger partial charge in [-0.25, -0.2) is 14.0 Å². The zero-order chi connectivity index (χ0) is 10.3. The van der Waals surface area contributed by atoms with Crippen molar-refractivity contribution in [2.75, 3.05) is 6.26 Å². The van der Waals surface area contributed by atoms with Crippen LogP contribution < -0.4 is 0 Å². The highest BCUT2D eigenvalue weighted by Gasteiger charge is 2.13. The highest BCUT2D eigenvalue weighted by atomic mass is 32.2. The van der Waals surface area contributed by atoms with Crippen LogP contribution in [0.5, 0.6) is 0 Å². The number of nitrogens with zero attached hydrogens (tertiary/aromatic N) is 2. The SMILES string of the molecule is Cc1nc(S(C)(=N)=O)n2ccccc12. The van der Waals surface area contributed by atoms with Gasteiger partial charge < -0.3 is 0 Å². The molecule has 0 saturated heterocycles. The lowest BCUT2D eigenvalue weighted by Gasteiger charge is -1.99. The average molecular weight is 209 g/mol. The molecule has 0 aliphatic heterocycles. The Balaban J connectivity index is 2.93. The van der Waals surface area contributed by atoms with E-state index in [-0.39, 0.29) is 0 Å². The number of hydrogen-bond donors (Lipinski definition) is 1. The molecule has 74 valence electrons.